The molecule has 1 atom stereocenters. The van der Waals surface area contributed by atoms with Crippen LogP contribution in [0.2, 0.25) is 0 Å². The smallest absolute Gasteiger partial charge is 0.150 e. The first-order chi connectivity index (χ1) is 11.3. The number of fused-ring (bicyclic) bond motifs is 1. The van der Waals surface area contributed by atoms with E-state index in [1.807, 2.05) is 6.07 Å². The van der Waals surface area contributed by atoms with Gasteiger partial charge in [0.05, 0.1) is 27.9 Å². The average molecular weight is 328 g/mol. The Bertz CT molecular complexity index is 771. The van der Waals surface area contributed by atoms with E-state index in [0.717, 1.165) is 56.1 Å². The minimum Gasteiger partial charge on any atom is -0.379 e. The van der Waals surface area contributed by atoms with E-state index in [-0.39, 0.29) is 0 Å². The van der Waals surface area contributed by atoms with Crippen molar-refractivity contribution < 1.29 is 4.74 Å². The molecular formula is C17H20N4OS. The summed E-state index contributed by atoms with van der Waals surface area (Å²) in [4.78, 5) is 9.43. The lowest BCUT2D eigenvalue weighted by Crippen LogP contribution is -2.14. The average Bonchev–Trinajstić information content (AvgIpc) is 3.30. The van der Waals surface area contributed by atoms with Gasteiger partial charge in [-0.1, -0.05) is 19.1 Å². The van der Waals surface area contributed by atoms with Crippen LogP contribution in [0.25, 0.3) is 10.2 Å². The summed E-state index contributed by atoms with van der Waals surface area (Å²) in [6.07, 6.45) is 3.69. The zero-order valence-corrected chi connectivity index (χ0v) is 14.1. The number of ether oxygens (including phenoxy) is 1. The minimum atomic E-state index is 0.341. The molecule has 2 aromatic heterocycles. The molecule has 4 rings (SSSR count). The molecule has 120 valence electrons. The number of para-hydroxylation sites is 1. The first kappa shape index (κ1) is 14.8. The molecule has 0 saturated carbocycles. The maximum absolute atomic E-state index is 5.51. The second-order valence-corrected chi connectivity index (χ2v) is 6.95. The van der Waals surface area contributed by atoms with Crippen LogP contribution < -0.4 is 0 Å². The predicted octanol–water partition coefficient (Wildman–Crippen LogP) is 3.20. The fraction of sp³-hybridized carbons (Fsp3) is 0.471. The van der Waals surface area contributed by atoms with Gasteiger partial charge in [-0.3, -0.25) is 0 Å². The number of rotatable bonds is 5. The van der Waals surface area contributed by atoms with Crippen LogP contribution in [0.15, 0.2) is 24.3 Å². The molecule has 0 amide bonds. The molecule has 0 aliphatic carbocycles. The van der Waals surface area contributed by atoms with E-state index >= 15 is 0 Å². The Kier molecular flexibility index (Phi) is 4.10. The predicted molar refractivity (Wildman–Crippen MR) is 90.9 cm³/mol. The Labute approximate surface area is 139 Å². The highest BCUT2D eigenvalue weighted by Crippen LogP contribution is 2.24. The lowest BCUT2D eigenvalue weighted by molar-refractivity contribution is 0.183. The zero-order chi connectivity index (χ0) is 15.6. The summed E-state index contributed by atoms with van der Waals surface area (Å²) in [7, 11) is 0. The Hall–Kier alpha value is -1.79. The molecule has 23 heavy (non-hydrogen) atoms. The van der Waals surface area contributed by atoms with Crippen LogP contribution in [-0.4, -0.2) is 33.0 Å². The molecule has 1 saturated heterocycles. The van der Waals surface area contributed by atoms with Crippen LogP contribution in [-0.2, 0) is 24.0 Å². The van der Waals surface area contributed by atoms with E-state index in [4.69, 9.17) is 14.7 Å². The van der Waals surface area contributed by atoms with Crippen molar-refractivity contribution in [1.29, 1.82) is 0 Å². The maximum atomic E-state index is 5.51. The molecule has 1 aliphatic heterocycles. The van der Waals surface area contributed by atoms with Gasteiger partial charge in [-0.2, -0.15) is 5.10 Å². The third kappa shape index (κ3) is 3.01. The quantitative estimate of drug-likeness (QED) is 0.722. The lowest BCUT2D eigenvalue weighted by atomic mass is 10.2. The number of aryl methyl sites for hydroxylation is 3. The molecule has 5 nitrogen and oxygen atoms in total. The Balaban J connectivity index is 1.54. The Morgan fingerprint density at radius 3 is 2.96 bits per heavy atom. The summed E-state index contributed by atoms with van der Waals surface area (Å²) in [6.45, 7) is 3.67. The molecule has 6 heteroatoms. The molecule has 1 fully saturated rings. The van der Waals surface area contributed by atoms with Crippen molar-refractivity contribution in [1.82, 2.24) is 19.7 Å². The molecule has 1 aromatic carbocycles. The number of hydrogen-bond acceptors (Lipinski definition) is 5. The fourth-order valence-electron chi connectivity index (χ4n) is 2.98. The zero-order valence-electron chi connectivity index (χ0n) is 13.2. The van der Waals surface area contributed by atoms with Crippen molar-refractivity contribution in [3.8, 4) is 0 Å². The SMILES string of the molecule is CCc1nc(CCc2nc3ccccc3s2)n(C2CCOC2)n1. The highest BCUT2D eigenvalue weighted by atomic mass is 32.1. The molecule has 0 bridgehead atoms. The Morgan fingerprint density at radius 1 is 1.26 bits per heavy atom. The second-order valence-electron chi connectivity index (χ2n) is 5.84. The van der Waals surface area contributed by atoms with E-state index in [0.29, 0.717) is 6.04 Å². The van der Waals surface area contributed by atoms with Crippen LogP contribution in [0.4, 0.5) is 0 Å². The van der Waals surface area contributed by atoms with Gasteiger partial charge in [-0.05, 0) is 18.6 Å². The highest BCUT2D eigenvalue weighted by molar-refractivity contribution is 7.18. The van der Waals surface area contributed by atoms with Crippen molar-refractivity contribution in [3.63, 3.8) is 0 Å². The fourth-order valence-corrected chi connectivity index (χ4v) is 3.94. The molecule has 1 aliphatic rings. The first-order valence-corrected chi connectivity index (χ1v) is 9.01. The van der Waals surface area contributed by atoms with E-state index in [1.54, 1.807) is 11.3 Å². The standard InChI is InChI=1S/C17H20N4OS/c1-2-15-19-16(21(20-15)12-9-10-22-11-12)7-8-17-18-13-5-3-4-6-14(13)23-17/h3-6,12H,2,7-11H2,1H3. The van der Waals surface area contributed by atoms with Crippen molar-refractivity contribution >= 4 is 21.6 Å². The van der Waals surface area contributed by atoms with Gasteiger partial charge in [0.1, 0.15) is 5.82 Å². The summed E-state index contributed by atoms with van der Waals surface area (Å²) in [6, 6.07) is 8.64. The van der Waals surface area contributed by atoms with Gasteiger partial charge >= 0.3 is 0 Å². The van der Waals surface area contributed by atoms with Gasteiger partial charge in [0, 0.05) is 25.9 Å². The molecule has 1 unspecified atom stereocenters. The maximum Gasteiger partial charge on any atom is 0.150 e. The molecule has 0 radical (unpaired) electrons. The van der Waals surface area contributed by atoms with Crippen LogP contribution in [0.5, 0.6) is 0 Å². The largest absolute Gasteiger partial charge is 0.379 e. The molecule has 0 N–H and O–H groups in total. The van der Waals surface area contributed by atoms with E-state index in [2.05, 4.69) is 34.9 Å². The van der Waals surface area contributed by atoms with Gasteiger partial charge < -0.3 is 4.74 Å². The van der Waals surface area contributed by atoms with Crippen molar-refractivity contribution in [3.05, 3.63) is 40.9 Å². The first-order valence-electron chi connectivity index (χ1n) is 8.20. The van der Waals surface area contributed by atoms with Crippen LogP contribution >= 0.6 is 11.3 Å². The minimum absolute atomic E-state index is 0.341. The summed E-state index contributed by atoms with van der Waals surface area (Å²) in [5, 5.41) is 5.84. The van der Waals surface area contributed by atoms with Gasteiger partial charge in [-0.25, -0.2) is 14.6 Å². The second kappa shape index (κ2) is 6.37. The van der Waals surface area contributed by atoms with Crippen molar-refractivity contribution in [2.24, 2.45) is 0 Å². The lowest BCUT2D eigenvalue weighted by Gasteiger charge is -2.10. The van der Waals surface area contributed by atoms with E-state index < -0.39 is 0 Å². The van der Waals surface area contributed by atoms with Crippen LogP contribution in [0.3, 0.4) is 0 Å². The normalized spacial score (nSPS) is 18.0. The van der Waals surface area contributed by atoms with Gasteiger partial charge in [0.15, 0.2) is 5.82 Å². The highest BCUT2D eigenvalue weighted by Gasteiger charge is 2.22. The summed E-state index contributed by atoms with van der Waals surface area (Å²) >= 11 is 1.77. The summed E-state index contributed by atoms with van der Waals surface area (Å²) in [5.74, 6) is 1.99. The van der Waals surface area contributed by atoms with Gasteiger partial charge in [0.25, 0.3) is 0 Å². The van der Waals surface area contributed by atoms with Crippen LogP contribution in [0, 0.1) is 0 Å². The number of benzene rings is 1. The van der Waals surface area contributed by atoms with Gasteiger partial charge in [0.2, 0.25) is 0 Å². The van der Waals surface area contributed by atoms with Gasteiger partial charge in [-0.15, -0.1) is 11.3 Å². The number of thiazole rings is 1. The Morgan fingerprint density at radius 2 is 2.17 bits per heavy atom. The van der Waals surface area contributed by atoms with Crippen molar-refractivity contribution in [2.75, 3.05) is 13.2 Å². The van der Waals surface area contributed by atoms with Crippen molar-refractivity contribution in [2.45, 2.75) is 38.6 Å². The summed E-state index contributed by atoms with van der Waals surface area (Å²) < 4.78 is 8.86. The molecule has 3 heterocycles. The number of hydrogen-bond donors (Lipinski definition) is 0. The number of aromatic nitrogens is 4. The summed E-state index contributed by atoms with van der Waals surface area (Å²) in [5.41, 5.74) is 1.09. The number of nitrogens with zero attached hydrogens (tertiary/aromatic N) is 4. The third-order valence-electron chi connectivity index (χ3n) is 4.21. The van der Waals surface area contributed by atoms with Crippen LogP contribution in [0.1, 0.15) is 36.0 Å². The monoisotopic (exact) mass is 328 g/mol. The van der Waals surface area contributed by atoms with E-state index in [1.165, 1.54) is 9.71 Å². The van der Waals surface area contributed by atoms with E-state index in [9.17, 15) is 0 Å². The molecule has 3 aromatic rings. The molecular weight excluding hydrogens is 308 g/mol. The topological polar surface area (TPSA) is 52.8 Å². The molecule has 0 spiro atoms. The third-order valence-corrected chi connectivity index (χ3v) is 5.31.